The highest BCUT2D eigenvalue weighted by atomic mass is 79.9. The van der Waals surface area contributed by atoms with Crippen molar-refractivity contribution in [2.75, 3.05) is 13.7 Å². The lowest BCUT2D eigenvalue weighted by Gasteiger charge is -2.07. The first kappa shape index (κ1) is 14.8. The largest absolute Gasteiger partial charge is 0.385 e. The number of aromatic nitrogens is 2. The van der Waals surface area contributed by atoms with Gasteiger partial charge in [-0.05, 0) is 34.8 Å². The molecule has 0 aliphatic rings. The Morgan fingerprint density at radius 2 is 2.21 bits per heavy atom. The number of hydrogen-bond acceptors (Lipinski definition) is 2. The number of imidazole rings is 1. The summed E-state index contributed by atoms with van der Waals surface area (Å²) in [6.45, 7) is 1.49. The van der Waals surface area contributed by atoms with E-state index in [4.69, 9.17) is 16.3 Å². The molecule has 0 saturated carbocycles. The number of unbranched alkanes of at least 4 members (excludes halogenated alkanes) is 1. The Labute approximate surface area is 124 Å². The second-order valence-corrected chi connectivity index (χ2v) is 5.39. The average molecular weight is 350 g/mol. The van der Waals surface area contributed by atoms with Crippen LogP contribution >= 0.6 is 27.5 Å². The van der Waals surface area contributed by atoms with Gasteiger partial charge in [0.2, 0.25) is 0 Å². The fourth-order valence-electron chi connectivity index (χ4n) is 2.04. The number of ether oxygens (including phenoxy) is 1. The molecule has 0 saturated heterocycles. The molecule has 0 fully saturated rings. The summed E-state index contributed by atoms with van der Waals surface area (Å²) in [6.07, 6.45) is 1.90. The Balaban J connectivity index is 2.31. The summed E-state index contributed by atoms with van der Waals surface area (Å²) in [5.74, 6) is 0.802. The molecule has 6 heteroatoms. The van der Waals surface area contributed by atoms with Crippen molar-refractivity contribution in [2.45, 2.75) is 25.3 Å². The molecule has 0 aliphatic carbocycles. The van der Waals surface area contributed by atoms with E-state index in [1.165, 1.54) is 6.07 Å². The molecule has 1 aromatic heterocycles. The smallest absolute Gasteiger partial charge is 0.139 e. The Hall–Kier alpha value is -0.650. The summed E-state index contributed by atoms with van der Waals surface area (Å²) < 4.78 is 21.1. The van der Waals surface area contributed by atoms with Gasteiger partial charge in [0.25, 0.3) is 0 Å². The Bertz CT molecular complexity index is 573. The van der Waals surface area contributed by atoms with E-state index < -0.39 is 0 Å². The molecule has 0 N–H and O–H groups in total. The standard InChI is InChI=1S/C13H15BrClFN2O/c1-19-5-3-2-4-18-12-7-10(16)9(14)6-11(12)17-13(18)8-15/h6-7H,2-5,8H2,1H3. The minimum atomic E-state index is -0.285. The topological polar surface area (TPSA) is 27.1 Å². The number of alkyl halides is 1. The monoisotopic (exact) mass is 348 g/mol. The zero-order valence-electron chi connectivity index (χ0n) is 10.6. The molecule has 3 nitrogen and oxygen atoms in total. The van der Waals surface area contributed by atoms with Gasteiger partial charge in [0.1, 0.15) is 11.6 Å². The number of aryl methyl sites for hydroxylation is 1. The van der Waals surface area contributed by atoms with Crippen LogP contribution in [-0.2, 0) is 17.2 Å². The maximum Gasteiger partial charge on any atom is 0.139 e. The molecule has 2 aromatic rings. The SMILES string of the molecule is COCCCCn1c(CCl)nc2cc(Br)c(F)cc21. The van der Waals surface area contributed by atoms with E-state index in [-0.39, 0.29) is 5.82 Å². The second-order valence-electron chi connectivity index (χ2n) is 4.27. The first-order chi connectivity index (χ1) is 9.17. The zero-order chi connectivity index (χ0) is 13.8. The van der Waals surface area contributed by atoms with E-state index in [1.807, 2.05) is 4.57 Å². The Morgan fingerprint density at radius 1 is 1.42 bits per heavy atom. The van der Waals surface area contributed by atoms with Gasteiger partial charge in [-0.3, -0.25) is 0 Å². The van der Waals surface area contributed by atoms with Gasteiger partial charge in [-0.15, -0.1) is 11.6 Å². The lowest BCUT2D eigenvalue weighted by Crippen LogP contribution is -2.03. The molecule has 0 aliphatic heterocycles. The number of rotatable bonds is 6. The third-order valence-corrected chi connectivity index (χ3v) is 3.82. The van der Waals surface area contributed by atoms with Crippen molar-refractivity contribution in [1.29, 1.82) is 0 Å². The highest BCUT2D eigenvalue weighted by Crippen LogP contribution is 2.25. The number of halogens is 3. The number of hydrogen-bond donors (Lipinski definition) is 0. The van der Waals surface area contributed by atoms with Crippen LogP contribution in [0.5, 0.6) is 0 Å². The normalized spacial score (nSPS) is 11.4. The Morgan fingerprint density at radius 3 is 2.89 bits per heavy atom. The van der Waals surface area contributed by atoms with E-state index in [2.05, 4.69) is 20.9 Å². The van der Waals surface area contributed by atoms with Crippen LogP contribution in [0.4, 0.5) is 4.39 Å². The molecule has 1 aromatic carbocycles. The van der Waals surface area contributed by atoms with Crippen LogP contribution in [0.15, 0.2) is 16.6 Å². The summed E-state index contributed by atoms with van der Waals surface area (Å²) in [5, 5.41) is 0. The van der Waals surface area contributed by atoms with Crippen LogP contribution in [0.3, 0.4) is 0 Å². The van der Waals surface area contributed by atoms with Crippen LogP contribution in [0.1, 0.15) is 18.7 Å². The van der Waals surface area contributed by atoms with Crippen LogP contribution in [0.2, 0.25) is 0 Å². The number of nitrogens with zero attached hydrogens (tertiary/aromatic N) is 2. The third kappa shape index (κ3) is 3.27. The molecule has 19 heavy (non-hydrogen) atoms. The van der Waals surface area contributed by atoms with E-state index >= 15 is 0 Å². The van der Waals surface area contributed by atoms with Gasteiger partial charge in [0.15, 0.2) is 0 Å². The maximum atomic E-state index is 13.6. The minimum absolute atomic E-state index is 0.285. The molecule has 1 heterocycles. The second kappa shape index (κ2) is 6.68. The van der Waals surface area contributed by atoms with Crippen molar-refractivity contribution in [3.63, 3.8) is 0 Å². The lowest BCUT2D eigenvalue weighted by molar-refractivity contribution is 0.191. The zero-order valence-corrected chi connectivity index (χ0v) is 13.0. The molecule has 0 spiro atoms. The summed E-state index contributed by atoms with van der Waals surface area (Å²) in [6, 6.07) is 3.19. The molecular weight excluding hydrogens is 335 g/mol. The van der Waals surface area contributed by atoms with Gasteiger partial charge >= 0.3 is 0 Å². The van der Waals surface area contributed by atoms with E-state index in [0.717, 1.165) is 42.9 Å². The number of fused-ring (bicyclic) bond motifs is 1. The fraction of sp³-hybridized carbons (Fsp3) is 0.462. The highest BCUT2D eigenvalue weighted by molar-refractivity contribution is 9.10. The van der Waals surface area contributed by atoms with Crippen LogP contribution in [-0.4, -0.2) is 23.3 Å². The quantitative estimate of drug-likeness (QED) is 0.580. The molecule has 0 bridgehead atoms. The van der Waals surface area contributed by atoms with Crippen LogP contribution in [0, 0.1) is 5.82 Å². The summed E-state index contributed by atoms with van der Waals surface area (Å²) in [4.78, 5) is 4.44. The number of methoxy groups -OCH3 is 1. The predicted molar refractivity (Wildman–Crippen MR) is 78.1 cm³/mol. The first-order valence-corrected chi connectivity index (χ1v) is 7.39. The van der Waals surface area contributed by atoms with E-state index in [1.54, 1.807) is 13.2 Å². The summed E-state index contributed by atoms with van der Waals surface area (Å²) >= 11 is 9.08. The summed E-state index contributed by atoms with van der Waals surface area (Å²) in [7, 11) is 1.68. The predicted octanol–water partition coefficient (Wildman–Crippen LogP) is 4.10. The molecular formula is C13H15BrClFN2O. The molecule has 0 amide bonds. The lowest BCUT2D eigenvalue weighted by atomic mass is 10.3. The molecule has 0 atom stereocenters. The third-order valence-electron chi connectivity index (χ3n) is 2.97. The molecule has 0 unspecified atom stereocenters. The Kier molecular flexibility index (Phi) is 5.19. The van der Waals surface area contributed by atoms with Gasteiger partial charge in [-0.1, -0.05) is 0 Å². The molecule has 2 rings (SSSR count). The van der Waals surface area contributed by atoms with Crippen LogP contribution in [0.25, 0.3) is 11.0 Å². The van der Waals surface area contributed by atoms with Gasteiger partial charge in [-0.2, -0.15) is 0 Å². The fourth-order valence-corrected chi connectivity index (χ4v) is 2.57. The maximum absolute atomic E-state index is 13.6. The summed E-state index contributed by atoms with van der Waals surface area (Å²) in [5.41, 5.74) is 1.55. The van der Waals surface area contributed by atoms with Crippen molar-refractivity contribution < 1.29 is 9.13 Å². The molecule has 104 valence electrons. The first-order valence-electron chi connectivity index (χ1n) is 6.06. The van der Waals surface area contributed by atoms with Crippen LogP contribution < -0.4 is 0 Å². The van der Waals surface area contributed by atoms with Crippen molar-refractivity contribution in [3.8, 4) is 0 Å². The minimum Gasteiger partial charge on any atom is -0.385 e. The van der Waals surface area contributed by atoms with E-state index in [9.17, 15) is 4.39 Å². The van der Waals surface area contributed by atoms with Gasteiger partial charge < -0.3 is 9.30 Å². The number of benzene rings is 1. The van der Waals surface area contributed by atoms with Gasteiger partial charge in [-0.25, -0.2) is 9.37 Å². The van der Waals surface area contributed by atoms with Crippen molar-refractivity contribution in [2.24, 2.45) is 0 Å². The van der Waals surface area contributed by atoms with Gasteiger partial charge in [0.05, 0.1) is 21.4 Å². The van der Waals surface area contributed by atoms with E-state index in [0.29, 0.717) is 10.4 Å². The van der Waals surface area contributed by atoms with Gasteiger partial charge in [0, 0.05) is 26.3 Å². The van der Waals surface area contributed by atoms with Crippen molar-refractivity contribution >= 4 is 38.6 Å². The average Bonchev–Trinajstić information content (AvgIpc) is 2.73. The molecule has 0 radical (unpaired) electrons. The van der Waals surface area contributed by atoms with Crippen molar-refractivity contribution in [3.05, 3.63) is 28.2 Å². The highest BCUT2D eigenvalue weighted by Gasteiger charge is 2.12. The van der Waals surface area contributed by atoms with Crippen molar-refractivity contribution in [1.82, 2.24) is 9.55 Å².